The lowest BCUT2D eigenvalue weighted by Gasteiger charge is -2.35. The van der Waals surface area contributed by atoms with Crippen LogP contribution < -0.4 is 4.72 Å². The van der Waals surface area contributed by atoms with E-state index in [1.165, 1.54) is 0 Å². The second kappa shape index (κ2) is 4.99. The van der Waals surface area contributed by atoms with Gasteiger partial charge in [-0.15, -0.1) is 0 Å². The van der Waals surface area contributed by atoms with Crippen molar-refractivity contribution in [2.24, 2.45) is 4.99 Å². The van der Waals surface area contributed by atoms with Gasteiger partial charge in [-0.2, -0.15) is 0 Å². The molecule has 2 aliphatic heterocycles. The molecule has 0 radical (unpaired) electrons. The number of benzene rings is 1. The Morgan fingerprint density at radius 1 is 1.28 bits per heavy atom. The number of guanidine groups is 1. The first-order chi connectivity index (χ1) is 8.72. The highest BCUT2D eigenvalue weighted by atomic mass is 35.5. The van der Waals surface area contributed by atoms with Gasteiger partial charge < -0.3 is 9.80 Å². The Kier molecular flexibility index (Phi) is 3.37. The number of piperazine rings is 1. The molecule has 18 heavy (non-hydrogen) atoms. The topological polar surface area (TPSA) is 30.9 Å². The van der Waals surface area contributed by atoms with Gasteiger partial charge in [-0.05, 0) is 37.2 Å². The Labute approximate surface area is 116 Å². The zero-order valence-electron chi connectivity index (χ0n) is 10.2. The molecule has 96 valence electrons. The normalized spacial score (nSPS) is 20.1. The van der Waals surface area contributed by atoms with E-state index in [9.17, 15) is 0 Å². The number of rotatable bonds is 0. The number of aliphatic imine (C=N–C) groups is 1. The molecular formula is C12H15ClN4S. The molecule has 1 fully saturated rings. The van der Waals surface area contributed by atoms with Crippen LogP contribution in [0, 0.1) is 0 Å². The van der Waals surface area contributed by atoms with E-state index in [-0.39, 0.29) is 0 Å². The second-order valence-electron chi connectivity index (χ2n) is 4.54. The van der Waals surface area contributed by atoms with Gasteiger partial charge in [0.1, 0.15) is 0 Å². The van der Waals surface area contributed by atoms with E-state index >= 15 is 0 Å². The number of halogens is 1. The number of hydrogen-bond donors (Lipinski definition) is 1. The van der Waals surface area contributed by atoms with Gasteiger partial charge in [-0.3, -0.25) is 4.72 Å². The van der Waals surface area contributed by atoms with E-state index in [0.29, 0.717) is 0 Å². The van der Waals surface area contributed by atoms with Gasteiger partial charge in [0.2, 0.25) is 5.96 Å². The summed E-state index contributed by atoms with van der Waals surface area (Å²) in [5.74, 6) is 0.961. The molecule has 0 spiro atoms. The van der Waals surface area contributed by atoms with Crippen LogP contribution in [0.3, 0.4) is 0 Å². The van der Waals surface area contributed by atoms with E-state index in [1.54, 1.807) is 11.9 Å². The zero-order chi connectivity index (χ0) is 12.5. The molecule has 1 aromatic carbocycles. The van der Waals surface area contributed by atoms with E-state index in [4.69, 9.17) is 11.6 Å². The van der Waals surface area contributed by atoms with Crippen LogP contribution in [0.2, 0.25) is 5.02 Å². The summed E-state index contributed by atoms with van der Waals surface area (Å²) in [5, 5.41) is 0.751. The minimum atomic E-state index is 0.751. The highest BCUT2D eigenvalue weighted by Gasteiger charge is 2.21. The van der Waals surface area contributed by atoms with Gasteiger partial charge in [-0.1, -0.05) is 11.6 Å². The average molecular weight is 283 g/mol. The third kappa shape index (κ3) is 2.43. The Balaban J connectivity index is 1.81. The summed E-state index contributed by atoms with van der Waals surface area (Å²) >= 11 is 7.56. The molecule has 1 aromatic rings. The number of fused-ring (bicyclic) bond motifs is 1. The van der Waals surface area contributed by atoms with Crippen LogP contribution in [0.5, 0.6) is 0 Å². The van der Waals surface area contributed by atoms with Crippen molar-refractivity contribution in [3.63, 3.8) is 0 Å². The molecule has 0 unspecified atom stereocenters. The van der Waals surface area contributed by atoms with Crippen LogP contribution in [0.1, 0.15) is 0 Å². The molecule has 0 aromatic heterocycles. The Morgan fingerprint density at radius 2 is 2.06 bits per heavy atom. The smallest absolute Gasteiger partial charge is 0.209 e. The number of hydrogen-bond acceptors (Lipinski definition) is 5. The lowest BCUT2D eigenvalue weighted by atomic mass is 10.3. The van der Waals surface area contributed by atoms with Crippen molar-refractivity contribution in [2.75, 3.05) is 33.2 Å². The number of nitrogens with zero attached hydrogens (tertiary/aromatic N) is 3. The summed E-state index contributed by atoms with van der Waals surface area (Å²) in [6.45, 7) is 4.20. The molecule has 1 N–H and O–H groups in total. The summed E-state index contributed by atoms with van der Waals surface area (Å²) in [4.78, 5) is 10.4. The number of nitrogens with one attached hydrogen (secondary N) is 1. The highest BCUT2D eigenvalue weighted by molar-refractivity contribution is 7.98. The average Bonchev–Trinajstić information content (AvgIpc) is 2.39. The maximum absolute atomic E-state index is 5.97. The van der Waals surface area contributed by atoms with Crippen molar-refractivity contribution in [1.82, 2.24) is 14.5 Å². The van der Waals surface area contributed by atoms with Crippen molar-refractivity contribution in [3.8, 4) is 0 Å². The largest absolute Gasteiger partial charge is 0.339 e. The summed E-state index contributed by atoms with van der Waals surface area (Å²) in [6.07, 6.45) is 0. The van der Waals surface area contributed by atoms with E-state index in [0.717, 1.165) is 47.7 Å². The molecule has 0 atom stereocenters. The van der Waals surface area contributed by atoms with Gasteiger partial charge in [0.15, 0.2) is 0 Å². The van der Waals surface area contributed by atoms with Crippen molar-refractivity contribution in [1.29, 1.82) is 0 Å². The van der Waals surface area contributed by atoms with Crippen LogP contribution >= 0.6 is 23.5 Å². The standard InChI is InChI=1S/C12H15ClN4S/c1-16-4-6-17(7-5-16)12-14-10-3-2-9(13)8-11(10)18-15-12/h2-3,8H,4-7H2,1H3,(H,14,15). The van der Waals surface area contributed by atoms with Crippen molar-refractivity contribution < 1.29 is 0 Å². The van der Waals surface area contributed by atoms with Gasteiger partial charge in [0, 0.05) is 31.2 Å². The fraction of sp³-hybridized carbons (Fsp3) is 0.417. The summed E-state index contributed by atoms with van der Waals surface area (Å²) in [7, 11) is 2.15. The predicted octanol–water partition coefficient (Wildman–Crippen LogP) is 2.19. The molecule has 0 bridgehead atoms. The first kappa shape index (κ1) is 12.1. The van der Waals surface area contributed by atoms with Crippen LogP contribution in [0.15, 0.2) is 28.1 Å². The predicted molar refractivity (Wildman–Crippen MR) is 76.6 cm³/mol. The first-order valence-electron chi connectivity index (χ1n) is 5.97. The fourth-order valence-corrected chi connectivity index (χ4v) is 3.07. The van der Waals surface area contributed by atoms with Gasteiger partial charge in [0.05, 0.1) is 10.6 Å². The molecule has 4 nitrogen and oxygen atoms in total. The van der Waals surface area contributed by atoms with Gasteiger partial charge in [-0.25, -0.2) is 4.99 Å². The maximum atomic E-state index is 5.97. The molecular weight excluding hydrogens is 268 g/mol. The lowest BCUT2D eigenvalue weighted by Crippen LogP contribution is -2.50. The third-order valence-electron chi connectivity index (χ3n) is 3.20. The van der Waals surface area contributed by atoms with Crippen LogP contribution in [-0.2, 0) is 0 Å². The molecule has 0 aliphatic carbocycles. The fourth-order valence-electron chi connectivity index (χ4n) is 2.05. The summed E-state index contributed by atoms with van der Waals surface area (Å²) < 4.78 is 3.30. The van der Waals surface area contributed by atoms with Gasteiger partial charge >= 0.3 is 0 Å². The van der Waals surface area contributed by atoms with E-state index in [1.807, 2.05) is 18.2 Å². The zero-order valence-corrected chi connectivity index (χ0v) is 11.8. The molecule has 6 heteroatoms. The van der Waals surface area contributed by atoms with Crippen molar-refractivity contribution in [2.45, 2.75) is 4.90 Å². The Hall–Kier alpha value is -0.910. The van der Waals surface area contributed by atoms with Crippen LogP contribution in [-0.4, -0.2) is 49.0 Å². The first-order valence-corrected chi connectivity index (χ1v) is 7.16. The number of likely N-dealkylation sites (N-methyl/N-ethyl adjacent to an activating group) is 1. The van der Waals surface area contributed by atoms with Crippen molar-refractivity contribution >= 4 is 35.2 Å². The molecule has 0 saturated carbocycles. The lowest BCUT2D eigenvalue weighted by molar-refractivity contribution is 0.213. The second-order valence-corrected chi connectivity index (χ2v) is 5.83. The van der Waals surface area contributed by atoms with E-state index in [2.05, 4.69) is 26.6 Å². The molecule has 1 saturated heterocycles. The SMILES string of the molecule is CN1CCN(C2=Nc3ccc(Cl)cc3SN2)CC1. The minimum absolute atomic E-state index is 0.751. The molecule has 2 aliphatic rings. The summed E-state index contributed by atoms with van der Waals surface area (Å²) in [6, 6.07) is 5.80. The molecule has 3 rings (SSSR count). The maximum Gasteiger partial charge on any atom is 0.209 e. The van der Waals surface area contributed by atoms with E-state index < -0.39 is 0 Å². The Morgan fingerprint density at radius 3 is 2.83 bits per heavy atom. The minimum Gasteiger partial charge on any atom is -0.339 e. The highest BCUT2D eigenvalue weighted by Crippen LogP contribution is 2.33. The Bertz CT molecular complexity index is 483. The monoisotopic (exact) mass is 282 g/mol. The molecule has 2 heterocycles. The third-order valence-corrected chi connectivity index (χ3v) is 4.27. The quantitative estimate of drug-likeness (QED) is 0.739. The van der Waals surface area contributed by atoms with Crippen LogP contribution in [0.25, 0.3) is 0 Å². The summed E-state index contributed by atoms with van der Waals surface area (Å²) in [5.41, 5.74) is 0.997. The van der Waals surface area contributed by atoms with Crippen molar-refractivity contribution in [3.05, 3.63) is 23.2 Å². The van der Waals surface area contributed by atoms with Crippen LogP contribution in [0.4, 0.5) is 5.69 Å². The van der Waals surface area contributed by atoms with Gasteiger partial charge in [0.25, 0.3) is 0 Å². The molecule has 0 amide bonds.